The minimum absolute atomic E-state index is 0.0131. The molecule has 0 bridgehead atoms. The van der Waals surface area contributed by atoms with E-state index < -0.39 is 35.7 Å². The van der Waals surface area contributed by atoms with Crippen molar-refractivity contribution in [3.05, 3.63) is 59.7 Å². The number of halogens is 3. The Balaban J connectivity index is 1.48. The van der Waals surface area contributed by atoms with Crippen molar-refractivity contribution in [2.75, 3.05) is 19.8 Å². The van der Waals surface area contributed by atoms with Crippen LogP contribution in [0.25, 0.3) is 11.1 Å². The summed E-state index contributed by atoms with van der Waals surface area (Å²) < 4.78 is 49.9. The van der Waals surface area contributed by atoms with Crippen molar-refractivity contribution in [2.24, 2.45) is 0 Å². The Labute approximate surface area is 198 Å². The van der Waals surface area contributed by atoms with E-state index in [1.165, 1.54) is 5.32 Å². The van der Waals surface area contributed by atoms with Gasteiger partial charge in [0.25, 0.3) is 0 Å². The van der Waals surface area contributed by atoms with E-state index in [1.807, 2.05) is 48.5 Å². The summed E-state index contributed by atoms with van der Waals surface area (Å²) in [6, 6.07) is 12.2. The molecule has 0 spiro atoms. The fraction of sp³-hybridized carbons (Fsp3) is 0.375. The molecule has 2 aromatic carbocycles. The van der Waals surface area contributed by atoms with Crippen LogP contribution in [0.3, 0.4) is 0 Å². The number of amides is 2. The van der Waals surface area contributed by atoms with Crippen molar-refractivity contribution in [1.82, 2.24) is 10.6 Å². The minimum Gasteiger partial charge on any atom is -0.479 e. The van der Waals surface area contributed by atoms with Gasteiger partial charge in [0.2, 0.25) is 11.9 Å². The molecule has 4 rings (SSSR count). The van der Waals surface area contributed by atoms with Gasteiger partial charge in [-0.25, -0.2) is 9.59 Å². The maximum absolute atomic E-state index is 13.1. The molecular formula is C24H23F3N2O6. The normalized spacial score (nSPS) is 17.6. The topological polar surface area (TPSA) is 114 Å². The van der Waals surface area contributed by atoms with Crippen LogP contribution in [0.1, 0.15) is 29.9 Å². The van der Waals surface area contributed by atoms with Gasteiger partial charge in [-0.2, -0.15) is 13.2 Å². The Hall–Kier alpha value is -3.60. The molecule has 1 aliphatic carbocycles. The molecule has 3 N–H and O–H groups in total. The van der Waals surface area contributed by atoms with Gasteiger partial charge in [0.15, 0.2) is 0 Å². The van der Waals surface area contributed by atoms with E-state index in [-0.39, 0.29) is 38.6 Å². The van der Waals surface area contributed by atoms with Gasteiger partial charge in [-0.3, -0.25) is 4.79 Å². The van der Waals surface area contributed by atoms with Gasteiger partial charge >= 0.3 is 18.2 Å². The zero-order valence-corrected chi connectivity index (χ0v) is 18.4. The molecule has 1 aliphatic heterocycles. The lowest BCUT2D eigenvalue weighted by molar-refractivity contribution is -0.183. The molecule has 2 amide bonds. The first kappa shape index (κ1) is 24.5. The summed E-state index contributed by atoms with van der Waals surface area (Å²) in [5.41, 5.74) is 2.16. The standard InChI is InChI=1S/C24H23F3N2O6/c25-24(26,27)19(20(30)31)28-21(32)23(9-11-34-12-10-23)29-22(33)35-13-18-16-7-3-1-5-14(16)15-6-2-4-8-17(15)18/h1-8,18-19H,9-13H2,(H,28,32)(H,29,33)(H,30,31). The molecule has 1 saturated heterocycles. The summed E-state index contributed by atoms with van der Waals surface area (Å²) in [5.74, 6) is -3.78. The van der Waals surface area contributed by atoms with Crippen molar-refractivity contribution in [3.8, 4) is 11.1 Å². The highest BCUT2D eigenvalue weighted by atomic mass is 19.4. The predicted molar refractivity (Wildman–Crippen MR) is 117 cm³/mol. The lowest BCUT2D eigenvalue weighted by atomic mass is 9.88. The number of rotatable bonds is 6. The summed E-state index contributed by atoms with van der Waals surface area (Å²) >= 11 is 0. The minimum atomic E-state index is -5.21. The molecule has 1 fully saturated rings. The number of carboxylic acid groups (broad SMARTS) is 1. The molecule has 0 aromatic heterocycles. The third-order valence-corrected chi connectivity index (χ3v) is 6.32. The monoisotopic (exact) mass is 492 g/mol. The van der Waals surface area contributed by atoms with Gasteiger partial charge in [0.05, 0.1) is 0 Å². The zero-order chi connectivity index (χ0) is 25.2. The zero-order valence-electron chi connectivity index (χ0n) is 18.4. The second-order valence-electron chi connectivity index (χ2n) is 8.43. The van der Waals surface area contributed by atoms with Crippen molar-refractivity contribution in [3.63, 3.8) is 0 Å². The Morgan fingerprint density at radius 1 is 1.03 bits per heavy atom. The molecule has 11 heteroatoms. The highest BCUT2D eigenvalue weighted by Crippen LogP contribution is 2.44. The number of carbonyl (C=O) groups is 3. The smallest absolute Gasteiger partial charge is 0.419 e. The van der Waals surface area contributed by atoms with E-state index in [1.54, 1.807) is 0 Å². The Bertz CT molecular complexity index is 1080. The van der Waals surface area contributed by atoms with Gasteiger partial charge in [-0.15, -0.1) is 0 Å². The Morgan fingerprint density at radius 2 is 1.57 bits per heavy atom. The fourth-order valence-electron chi connectivity index (χ4n) is 4.51. The van der Waals surface area contributed by atoms with Crippen LogP contribution in [0.2, 0.25) is 0 Å². The number of fused-ring (bicyclic) bond motifs is 3. The Morgan fingerprint density at radius 3 is 2.09 bits per heavy atom. The van der Waals surface area contributed by atoms with E-state index in [9.17, 15) is 27.6 Å². The molecule has 1 atom stereocenters. The van der Waals surface area contributed by atoms with Crippen LogP contribution < -0.4 is 10.6 Å². The number of aliphatic carboxylic acids is 1. The van der Waals surface area contributed by atoms with E-state index in [2.05, 4.69) is 5.32 Å². The van der Waals surface area contributed by atoms with Crippen LogP contribution in [0.15, 0.2) is 48.5 Å². The number of ether oxygens (including phenoxy) is 2. The first-order valence-corrected chi connectivity index (χ1v) is 10.9. The van der Waals surface area contributed by atoms with Crippen LogP contribution >= 0.6 is 0 Å². The third-order valence-electron chi connectivity index (χ3n) is 6.32. The molecule has 1 heterocycles. The summed E-state index contributed by atoms with van der Waals surface area (Å²) in [7, 11) is 0. The van der Waals surface area contributed by atoms with Crippen LogP contribution in [0.5, 0.6) is 0 Å². The highest BCUT2D eigenvalue weighted by Gasteiger charge is 2.50. The maximum atomic E-state index is 13.1. The number of alkyl carbamates (subject to hydrolysis) is 1. The van der Waals surface area contributed by atoms with Crippen LogP contribution in [0.4, 0.5) is 18.0 Å². The molecule has 8 nitrogen and oxygen atoms in total. The van der Waals surface area contributed by atoms with Crippen molar-refractivity contribution in [1.29, 1.82) is 0 Å². The van der Waals surface area contributed by atoms with Crippen molar-refractivity contribution < 1.29 is 42.1 Å². The van der Waals surface area contributed by atoms with E-state index in [0.717, 1.165) is 22.3 Å². The second-order valence-corrected chi connectivity index (χ2v) is 8.43. The van der Waals surface area contributed by atoms with E-state index in [4.69, 9.17) is 14.6 Å². The number of carboxylic acids is 1. The van der Waals surface area contributed by atoms with E-state index >= 15 is 0 Å². The first-order chi connectivity index (χ1) is 16.6. The lowest BCUT2D eigenvalue weighted by Crippen LogP contribution is -2.65. The van der Waals surface area contributed by atoms with Crippen LogP contribution in [-0.2, 0) is 19.1 Å². The number of hydrogen-bond donors (Lipinski definition) is 3. The molecule has 35 heavy (non-hydrogen) atoms. The average Bonchev–Trinajstić information content (AvgIpc) is 3.14. The van der Waals surface area contributed by atoms with Crippen LogP contribution in [-0.4, -0.2) is 60.7 Å². The summed E-state index contributed by atoms with van der Waals surface area (Å²) in [4.78, 5) is 36.6. The number of hydrogen-bond acceptors (Lipinski definition) is 5. The molecule has 0 radical (unpaired) electrons. The second kappa shape index (κ2) is 9.57. The molecule has 2 aromatic rings. The van der Waals surface area contributed by atoms with Gasteiger partial charge in [-0.1, -0.05) is 48.5 Å². The predicted octanol–water partition coefficient (Wildman–Crippen LogP) is 3.21. The van der Waals surface area contributed by atoms with Gasteiger partial charge in [-0.05, 0) is 22.3 Å². The van der Waals surface area contributed by atoms with E-state index in [0.29, 0.717) is 0 Å². The maximum Gasteiger partial charge on any atom is 0.419 e. The number of nitrogens with one attached hydrogen (secondary N) is 2. The fourth-order valence-corrected chi connectivity index (χ4v) is 4.51. The molecule has 1 unspecified atom stereocenters. The first-order valence-electron chi connectivity index (χ1n) is 10.9. The highest BCUT2D eigenvalue weighted by molar-refractivity contribution is 5.93. The molecular weight excluding hydrogens is 469 g/mol. The summed E-state index contributed by atoms with van der Waals surface area (Å²) in [6.07, 6.45) is -6.50. The van der Waals surface area contributed by atoms with Gasteiger partial charge in [0.1, 0.15) is 12.1 Å². The largest absolute Gasteiger partial charge is 0.479 e. The van der Waals surface area contributed by atoms with Crippen molar-refractivity contribution in [2.45, 2.75) is 36.5 Å². The Kier molecular flexibility index (Phi) is 6.70. The number of benzene rings is 2. The third kappa shape index (κ3) is 4.95. The number of alkyl halides is 3. The van der Waals surface area contributed by atoms with Crippen LogP contribution in [0, 0.1) is 0 Å². The lowest BCUT2D eigenvalue weighted by Gasteiger charge is -2.37. The summed E-state index contributed by atoms with van der Waals surface area (Å²) in [6.45, 7) is -0.0873. The van der Waals surface area contributed by atoms with Gasteiger partial charge < -0.3 is 25.2 Å². The van der Waals surface area contributed by atoms with Crippen molar-refractivity contribution >= 4 is 18.0 Å². The SMILES string of the molecule is O=C(NC1(C(=O)NC(C(=O)O)C(F)(F)F)CCOCC1)OCC1c2ccccc2-c2ccccc21. The molecule has 186 valence electrons. The molecule has 0 saturated carbocycles. The average molecular weight is 492 g/mol. The summed E-state index contributed by atoms with van der Waals surface area (Å²) in [5, 5.41) is 12.8. The van der Waals surface area contributed by atoms with Gasteiger partial charge in [0, 0.05) is 32.0 Å². The number of carbonyl (C=O) groups excluding carboxylic acids is 2. The quantitative estimate of drug-likeness (QED) is 0.571. The molecule has 2 aliphatic rings.